The molecule has 1 N–H and O–H groups in total. The molecule has 1 nitrogen and oxygen atoms in total. The van der Waals surface area contributed by atoms with Crippen molar-refractivity contribution in [2.75, 3.05) is 5.32 Å². The van der Waals surface area contributed by atoms with Crippen molar-refractivity contribution in [2.45, 2.75) is 40.2 Å². The van der Waals surface area contributed by atoms with Crippen molar-refractivity contribution < 1.29 is 0 Å². The molecule has 2 unspecified atom stereocenters. The third-order valence-electron chi connectivity index (χ3n) is 3.07. The molecule has 0 aliphatic heterocycles. The number of hydrogen-bond acceptors (Lipinski definition) is 1. The molecule has 0 aliphatic rings. The van der Waals surface area contributed by atoms with Crippen LogP contribution in [-0.4, -0.2) is 6.04 Å². The number of rotatable bonds is 4. The molecule has 0 fully saturated rings. The monoisotopic (exact) mass is 225 g/mol. The summed E-state index contributed by atoms with van der Waals surface area (Å²) < 4.78 is 0. The Hall–Kier alpha value is -0.690. The maximum Gasteiger partial charge on any atom is 0.0410 e. The van der Waals surface area contributed by atoms with Crippen LogP contribution in [-0.2, 0) is 0 Å². The molecule has 1 aromatic rings. The highest BCUT2D eigenvalue weighted by Crippen LogP contribution is 2.22. The van der Waals surface area contributed by atoms with Gasteiger partial charge in [-0.15, -0.1) is 0 Å². The van der Waals surface area contributed by atoms with Gasteiger partial charge in [-0.2, -0.15) is 0 Å². The normalized spacial score (nSPS) is 14.7. The van der Waals surface area contributed by atoms with Gasteiger partial charge in [-0.05, 0) is 43.5 Å². The molecule has 0 bridgehead atoms. The lowest BCUT2D eigenvalue weighted by Crippen LogP contribution is -2.23. The molecule has 0 radical (unpaired) electrons. The summed E-state index contributed by atoms with van der Waals surface area (Å²) >= 11 is 5.92. The largest absolute Gasteiger partial charge is 0.382 e. The minimum atomic E-state index is 0.495. The van der Waals surface area contributed by atoms with E-state index in [1.165, 1.54) is 17.7 Å². The average molecular weight is 226 g/mol. The van der Waals surface area contributed by atoms with E-state index in [1.54, 1.807) is 0 Å². The second-order valence-corrected chi connectivity index (χ2v) is 4.71. The van der Waals surface area contributed by atoms with E-state index in [0.717, 1.165) is 5.02 Å². The topological polar surface area (TPSA) is 12.0 Å². The molecule has 0 spiro atoms. The van der Waals surface area contributed by atoms with Gasteiger partial charge >= 0.3 is 0 Å². The van der Waals surface area contributed by atoms with Crippen LogP contribution < -0.4 is 5.32 Å². The standard InChI is InChI=1S/C13H20ClN/c1-5-9(2)11(4)15-13-7-6-12(14)8-10(13)3/h6-9,11,15H,5H2,1-4H3. The van der Waals surface area contributed by atoms with Crippen molar-refractivity contribution in [2.24, 2.45) is 5.92 Å². The van der Waals surface area contributed by atoms with Crippen LogP contribution in [0.25, 0.3) is 0 Å². The Kier molecular flexibility index (Phi) is 4.46. The number of hydrogen-bond donors (Lipinski definition) is 1. The number of benzene rings is 1. The molecule has 0 heterocycles. The summed E-state index contributed by atoms with van der Waals surface area (Å²) in [5.41, 5.74) is 2.39. The molecule has 1 rings (SSSR count). The van der Waals surface area contributed by atoms with Crippen molar-refractivity contribution in [3.8, 4) is 0 Å². The van der Waals surface area contributed by atoms with Crippen molar-refractivity contribution in [3.05, 3.63) is 28.8 Å². The van der Waals surface area contributed by atoms with E-state index in [-0.39, 0.29) is 0 Å². The predicted molar refractivity (Wildman–Crippen MR) is 68.7 cm³/mol. The van der Waals surface area contributed by atoms with Gasteiger partial charge in [0.2, 0.25) is 0 Å². The lowest BCUT2D eigenvalue weighted by atomic mass is 10.0. The maximum atomic E-state index is 5.92. The SMILES string of the molecule is CCC(C)C(C)Nc1ccc(Cl)cc1C. The second kappa shape index (κ2) is 5.41. The third-order valence-corrected chi connectivity index (χ3v) is 3.30. The van der Waals surface area contributed by atoms with Gasteiger partial charge in [0.05, 0.1) is 0 Å². The van der Waals surface area contributed by atoms with Crippen molar-refractivity contribution in [1.29, 1.82) is 0 Å². The minimum absolute atomic E-state index is 0.495. The molecule has 1 aromatic carbocycles. The van der Waals surface area contributed by atoms with Crippen molar-refractivity contribution in [1.82, 2.24) is 0 Å². The molecule has 0 amide bonds. The van der Waals surface area contributed by atoms with Gasteiger partial charge in [0.25, 0.3) is 0 Å². The Morgan fingerprint density at radius 2 is 2.00 bits per heavy atom. The lowest BCUT2D eigenvalue weighted by Gasteiger charge is -2.22. The summed E-state index contributed by atoms with van der Waals surface area (Å²) in [5.74, 6) is 0.681. The first-order chi connectivity index (χ1) is 7.04. The number of nitrogens with one attached hydrogen (secondary N) is 1. The fourth-order valence-corrected chi connectivity index (χ4v) is 1.76. The zero-order chi connectivity index (χ0) is 11.4. The molecular formula is C13H20ClN. The summed E-state index contributed by atoms with van der Waals surface area (Å²) in [6.45, 7) is 8.79. The molecule has 0 saturated heterocycles. The van der Waals surface area contributed by atoms with Crippen LogP contribution >= 0.6 is 11.6 Å². The number of anilines is 1. The molecule has 0 aromatic heterocycles. The smallest absolute Gasteiger partial charge is 0.0410 e. The van der Waals surface area contributed by atoms with E-state index < -0.39 is 0 Å². The van der Waals surface area contributed by atoms with Gasteiger partial charge in [0.15, 0.2) is 0 Å². The van der Waals surface area contributed by atoms with Gasteiger partial charge in [-0.3, -0.25) is 0 Å². The van der Waals surface area contributed by atoms with E-state index in [4.69, 9.17) is 11.6 Å². The van der Waals surface area contributed by atoms with E-state index in [2.05, 4.69) is 39.1 Å². The van der Waals surface area contributed by atoms with E-state index in [1.807, 2.05) is 12.1 Å². The molecule has 15 heavy (non-hydrogen) atoms. The first-order valence-corrected chi connectivity index (χ1v) is 5.95. The Morgan fingerprint density at radius 3 is 2.53 bits per heavy atom. The zero-order valence-corrected chi connectivity index (χ0v) is 10.7. The maximum absolute atomic E-state index is 5.92. The summed E-state index contributed by atoms with van der Waals surface area (Å²) in [4.78, 5) is 0. The average Bonchev–Trinajstić information content (AvgIpc) is 2.20. The highest BCUT2D eigenvalue weighted by molar-refractivity contribution is 6.30. The summed E-state index contributed by atoms with van der Waals surface area (Å²) in [5, 5.41) is 4.33. The van der Waals surface area contributed by atoms with E-state index in [0.29, 0.717) is 12.0 Å². The highest BCUT2D eigenvalue weighted by atomic mass is 35.5. The highest BCUT2D eigenvalue weighted by Gasteiger charge is 2.10. The second-order valence-electron chi connectivity index (χ2n) is 4.28. The van der Waals surface area contributed by atoms with Gasteiger partial charge in [-0.25, -0.2) is 0 Å². The van der Waals surface area contributed by atoms with Crippen LogP contribution in [0.15, 0.2) is 18.2 Å². The zero-order valence-electron chi connectivity index (χ0n) is 9.97. The Morgan fingerprint density at radius 1 is 1.33 bits per heavy atom. The number of aryl methyl sites for hydroxylation is 1. The summed E-state index contributed by atoms with van der Waals surface area (Å²) in [7, 11) is 0. The van der Waals surface area contributed by atoms with Crippen LogP contribution in [0.2, 0.25) is 5.02 Å². The first-order valence-electron chi connectivity index (χ1n) is 5.57. The Bertz CT molecular complexity index is 322. The first kappa shape index (κ1) is 12.4. The van der Waals surface area contributed by atoms with Crippen LogP contribution in [0.1, 0.15) is 32.8 Å². The lowest BCUT2D eigenvalue weighted by molar-refractivity contribution is 0.494. The molecule has 2 atom stereocenters. The van der Waals surface area contributed by atoms with Gasteiger partial charge in [0, 0.05) is 16.8 Å². The van der Waals surface area contributed by atoms with E-state index in [9.17, 15) is 0 Å². The number of halogens is 1. The van der Waals surface area contributed by atoms with Gasteiger partial charge in [0.1, 0.15) is 0 Å². The molecule has 0 saturated carbocycles. The summed E-state index contributed by atoms with van der Waals surface area (Å²) in [6, 6.07) is 6.47. The van der Waals surface area contributed by atoms with Crippen LogP contribution in [0.3, 0.4) is 0 Å². The molecular weight excluding hydrogens is 206 g/mol. The minimum Gasteiger partial charge on any atom is -0.382 e. The van der Waals surface area contributed by atoms with Crippen LogP contribution in [0.5, 0.6) is 0 Å². The van der Waals surface area contributed by atoms with Crippen molar-refractivity contribution >= 4 is 17.3 Å². The van der Waals surface area contributed by atoms with E-state index >= 15 is 0 Å². The Labute approximate surface area is 97.8 Å². The van der Waals surface area contributed by atoms with Crippen molar-refractivity contribution in [3.63, 3.8) is 0 Å². The molecule has 2 heteroatoms. The Balaban J connectivity index is 2.72. The van der Waals surface area contributed by atoms with Crippen LogP contribution in [0.4, 0.5) is 5.69 Å². The van der Waals surface area contributed by atoms with Gasteiger partial charge < -0.3 is 5.32 Å². The summed E-state index contributed by atoms with van der Waals surface area (Å²) in [6.07, 6.45) is 1.20. The quantitative estimate of drug-likeness (QED) is 0.796. The van der Waals surface area contributed by atoms with Crippen LogP contribution in [0, 0.1) is 12.8 Å². The third kappa shape index (κ3) is 3.42. The van der Waals surface area contributed by atoms with Gasteiger partial charge in [-0.1, -0.05) is 31.9 Å². The predicted octanol–water partition coefficient (Wildman–Crippen LogP) is 4.49. The molecule has 0 aliphatic carbocycles. The molecule has 84 valence electrons. The fourth-order valence-electron chi connectivity index (χ4n) is 1.53. The fraction of sp³-hybridized carbons (Fsp3) is 0.538.